The van der Waals surface area contributed by atoms with Gasteiger partial charge in [-0.25, -0.2) is 0 Å². The summed E-state index contributed by atoms with van der Waals surface area (Å²) in [7, 11) is 1.85. The first kappa shape index (κ1) is 17.8. The van der Waals surface area contributed by atoms with Crippen LogP contribution in [0.25, 0.3) is 0 Å². The number of ether oxygens (including phenoxy) is 1. The molecule has 1 aliphatic heterocycles. The van der Waals surface area contributed by atoms with Crippen molar-refractivity contribution in [1.29, 1.82) is 0 Å². The summed E-state index contributed by atoms with van der Waals surface area (Å²) in [4.78, 5) is 13.8. The minimum Gasteiger partial charge on any atom is -0.492 e. The van der Waals surface area contributed by atoms with Gasteiger partial charge >= 0.3 is 0 Å². The minimum atomic E-state index is 0. The predicted molar refractivity (Wildman–Crippen MR) is 87.2 cm³/mol. The molecule has 1 fully saturated rings. The van der Waals surface area contributed by atoms with E-state index in [4.69, 9.17) is 4.74 Å². The number of amides is 1. The molecule has 2 rings (SSSR count). The third-order valence-electron chi connectivity index (χ3n) is 3.74. The number of nitrogens with zero attached hydrogens (tertiary/aromatic N) is 1. The molecule has 0 aromatic heterocycles. The number of carbonyl (C=O) groups is 1. The van der Waals surface area contributed by atoms with Gasteiger partial charge in [-0.15, -0.1) is 12.4 Å². The molecule has 0 spiro atoms. The van der Waals surface area contributed by atoms with Gasteiger partial charge in [0, 0.05) is 13.5 Å². The quantitative estimate of drug-likeness (QED) is 0.876. The molecule has 1 heterocycles. The Morgan fingerprint density at radius 2 is 2.29 bits per heavy atom. The maximum absolute atomic E-state index is 12.0. The Morgan fingerprint density at radius 1 is 1.48 bits per heavy atom. The average molecular weight is 313 g/mol. The lowest BCUT2D eigenvalue weighted by Crippen LogP contribution is -2.32. The first-order valence-corrected chi connectivity index (χ1v) is 7.29. The average Bonchev–Trinajstić information content (AvgIpc) is 2.91. The summed E-state index contributed by atoms with van der Waals surface area (Å²) in [5, 5.41) is 3.29. The molecule has 0 saturated carbocycles. The number of aryl methyl sites for hydroxylation is 1. The monoisotopic (exact) mass is 312 g/mol. The van der Waals surface area contributed by atoms with Gasteiger partial charge < -0.3 is 15.0 Å². The third-order valence-corrected chi connectivity index (χ3v) is 3.74. The molecule has 4 nitrogen and oxygen atoms in total. The molecule has 5 heteroatoms. The fraction of sp³-hybridized carbons (Fsp3) is 0.562. The number of nitrogens with one attached hydrogen (secondary N) is 1. The van der Waals surface area contributed by atoms with Crippen LogP contribution >= 0.6 is 12.4 Å². The Kier molecular flexibility index (Phi) is 7.54. The highest BCUT2D eigenvalue weighted by Crippen LogP contribution is 2.14. The summed E-state index contributed by atoms with van der Waals surface area (Å²) in [5.41, 5.74) is 1.18. The van der Waals surface area contributed by atoms with E-state index < -0.39 is 0 Å². The van der Waals surface area contributed by atoms with E-state index in [0.717, 1.165) is 25.3 Å². The van der Waals surface area contributed by atoms with E-state index in [1.54, 1.807) is 4.90 Å². The van der Waals surface area contributed by atoms with Gasteiger partial charge in [0.15, 0.2) is 0 Å². The standard InChI is InChI=1S/C16H24N2O2.ClH/c1-13-4-3-5-15(10-13)20-9-8-18(2)16(19)11-14-6-7-17-12-14;/h3-5,10,14,17H,6-9,11-12H2,1-2H3;1H. The van der Waals surface area contributed by atoms with Crippen molar-refractivity contribution in [2.24, 2.45) is 5.92 Å². The third kappa shape index (κ3) is 5.94. The molecular formula is C16H25ClN2O2. The van der Waals surface area contributed by atoms with Crippen molar-refractivity contribution in [3.8, 4) is 5.75 Å². The van der Waals surface area contributed by atoms with Crippen LogP contribution in [0, 0.1) is 12.8 Å². The van der Waals surface area contributed by atoms with Gasteiger partial charge in [-0.3, -0.25) is 4.79 Å². The molecule has 1 aromatic carbocycles. The van der Waals surface area contributed by atoms with Gasteiger partial charge in [-0.05, 0) is 50.0 Å². The van der Waals surface area contributed by atoms with E-state index >= 15 is 0 Å². The molecule has 1 saturated heterocycles. The van der Waals surface area contributed by atoms with Gasteiger partial charge in [-0.1, -0.05) is 12.1 Å². The van der Waals surface area contributed by atoms with Crippen LogP contribution in [-0.4, -0.2) is 44.1 Å². The lowest BCUT2D eigenvalue weighted by atomic mass is 10.0. The van der Waals surface area contributed by atoms with E-state index in [1.165, 1.54) is 5.56 Å². The number of hydrogen-bond donors (Lipinski definition) is 1. The van der Waals surface area contributed by atoms with Crippen LogP contribution in [0.1, 0.15) is 18.4 Å². The van der Waals surface area contributed by atoms with Crippen LogP contribution in [0.15, 0.2) is 24.3 Å². The Labute approximate surface area is 133 Å². The fourth-order valence-corrected chi connectivity index (χ4v) is 2.42. The van der Waals surface area contributed by atoms with Crippen molar-refractivity contribution in [3.05, 3.63) is 29.8 Å². The lowest BCUT2D eigenvalue weighted by molar-refractivity contribution is -0.131. The summed E-state index contributed by atoms with van der Waals surface area (Å²) in [6.45, 7) is 5.22. The van der Waals surface area contributed by atoms with Crippen LogP contribution in [0.2, 0.25) is 0 Å². The van der Waals surface area contributed by atoms with Gasteiger partial charge in [0.1, 0.15) is 12.4 Å². The number of carbonyl (C=O) groups excluding carboxylic acids is 1. The largest absolute Gasteiger partial charge is 0.492 e. The van der Waals surface area contributed by atoms with Gasteiger partial charge in [0.2, 0.25) is 5.91 Å². The predicted octanol–water partition coefficient (Wildman–Crippen LogP) is 2.25. The van der Waals surface area contributed by atoms with E-state index in [-0.39, 0.29) is 18.3 Å². The minimum absolute atomic E-state index is 0. The number of likely N-dealkylation sites (N-methyl/N-ethyl adjacent to an activating group) is 1. The molecule has 1 unspecified atom stereocenters. The van der Waals surface area contributed by atoms with Crippen LogP contribution < -0.4 is 10.1 Å². The fourth-order valence-electron chi connectivity index (χ4n) is 2.42. The number of hydrogen-bond acceptors (Lipinski definition) is 3. The summed E-state index contributed by atoms with van der Waals surface area (Å²) < 4.78 is 5.67. The molecule has 0 bridgehead atoms. The molecule has 1 aliphatic rings. The van der Waals surface area contributed by atoms with E-state index in [2.05, 4.69) is 5.32 Å². The lowest BCUT2D eigenvalue weighted by Gasteiger charge is -2.19. The van der Waals surface area contributed by atoms with Crippen LogP contribution in [0.5, 0.6) is 5.75 Å². The van der Waals surface area contributed by atoms with E-state index in [9.17, 15) is 4.79 Å². The van der Waals surface area contributed by atoms with Crippen LogP contribution in [-0.2, 0) is 4.79 Å². The zero-order chi connectivity index (χ0) is 14.4. The Balaban J connectivity index is 0.00000220. The molecule has 1 amide bonds. The number of rotatable bonds is 6. The van der Waals surface area contributed by atoms with Crippen molar-refractivity contribution >= 4 is 18.3 Å². The van der Waals surface area contributed by atoms with Crippen molar-refractivity contribution in [3.63, 3.8) is 0 Å². The summed E-state index contributed by atoms with van der Waals surface area (Å²) in [5.74, 6) is 1.58. The highest BCUT2D eigenvalue weighted by Gasteiger charge is 2.19. The molecule has 1 atom stereocenters. The topological polar surface area (TPSA) is 41.6 Å². The van der Waals surface area contributed by atoms with Crippen LogP contribution in [0.3, 0.4) is 0 Å². The smallest absolute Gasteiger partial charge is 0.222 e. The summed E-state index contributed by atoms with van der Waals surface area (Å²) in [6, 6.07) is 7.97. The molecule has 0 radical (unpaired) electrons. The highest BCUT2D eigenvalue weighted by molar-refractivity contribution is 5.85. The Hall–Kier alpha value is -1.26. The van der Waals surface area contributed by atoms with Crippen molar-refractivity contribution in [2.45, 2.75) is 19.8 Å². The van der Waals surface area contributed by atoms with Crippen molar-refractivity contribution in [1.82, 2.24) is 10.2 Å². The highest BCUT2D eigenvalue weighted by atomic mass is 35.5. The first-order chi connectivity index (χ1) is 9.65. The number of halogens is 1. The van der Waals surface area contributed by atoms with Gasteiger partial charge in [0.05, 0.1) is 6.54 Å². The zero-order valence-corrected chi connectivity index (χ0v) is 13.6. The molecule has 118 valence electrons. The summed E-state index contributed by atoms with van der Waals surface area (Å²) >= 11 is 0. The van der Waals surface area contributed by atoms with E-state index in [0.29, 0.717) is 25.5 Å². The van der Waals surface area contributed by atoms with Crippen molar-refractivity contribution in [2.75, 3.05) is 33.3 Å². The maximum Gasteiger partial charge on any atom is 0.222 e. The second kappa shape index (κ2) is 8.90. The molecule has 1 N–H and O–H groups in total. The normalized spacial score (nSPS) is 17.1. The van der Waals surface area contributed by atoms with Gasteiger partial charge in [-0.2, -0.15) is 0 Å². The van der Waals surface area contributed by atoms with Crippen LogP contribution in [0.4, 0.5) is 0 Å². The van der Waals surface area contributed by atoms with E-state index in [1.807, 2.05) is 38.2 Å². The molecule has 0 aliphatic carbocycles. The maximum atomic E-state index is 12.0. The molecule has 1 aromatic rings. The summed E-state index contributed by atoms with van der Waals surface area (Å²) in [6.07, 6.45) is 1.76. The Bertz CT molecular complexity index is 448. The SMILES string of the molecule is Cc1cccc(OCCN(C)C(=O)CC2CCNC2)c1.Cl. The van der Waals surface area contributed by atoms with Crippen molar-refractivity contribution < 1.29 is 9.53 Å². The zero-order valence-electron chi connectivity index (χ0n) is 12.8. The second-order valence-electron chi connectivity index (χ2n) is 5.54. The Morgan fingerprint density at radius 3 is 2.95 bits per heavy atom. The van der Waals surface area contributed by atoms with Gasteiger partial charge in [0.25, 0.3) is 0 Å². The second-order valence-corrected chi connectivity index (χ2v) is 5.54. The molecular weight excluding hydrogens is 288 g/mol. The number of benzene rings is 1. The first-order valence-electron chi connectivity index (χ1n) is 7.29. The molecule has 21 heavy (non-hydrogen) atoms.